The summed E-state index contributed by atoms with van der Waals surface area (Å²) in [4.78, 5) is 0. The van der Waals surface area contributed by atoms with Crippen LogP contribution in [0.3, 0.4) is 0 Å². The van der Waals surface area contributed by atoms with Gasteiger partial charge in [0.15, 0.2) is 0 Å². The van der Waals surface area contributed by atoms with Crippen molar-refractivity contribution in [1.29, 1.82) is 0 Å². The number of hydrogen-bond acceptors (Lipinski definition) is 3. The van der Waals surface area contributed by atoms with Crippen LogP contribution in [-0.4, -0.2) is 14.6 Å². The number of fused-ring (bicyclic) bond motifs is 1. The highest BCUT2D eigenvalue weighted by atomic mass is 32.1. The number of hydrogen-bond donors (Lipinski definition) is 1. The van der Waals surface area contributed by atoms with E-state index in [1.54, 1.807) is 6.20 Å². The molecule has 0 unspecified atom stereocenters. The van der Waals surface area contributed by atoms with Crippen LogP contribution >= 0.6 is 11.5 Å². The van der Waals surface area contributed by atoms with Gasteiger partial charge >= 0.3 is 0 Å². The van der Waals surface area contributed by atoms with Crippen LogP contribution in [0.5, 0.6) is 0 Å². The number of nitrogens with zero attached hydrogens (tertiary/aromatic N) is 2. The monoisotopic (exact) mass is 201 g/mol. The molecule has 1 N–H and O–H groups in total. The Bertz CT molecular complexity index is 554. The normalized spacial score (nSPS) is 10.9. The van der Waals surface area contributed by atoms with Crippen molar-refractivity contribution < 1.29 is 0 Å². The van der Waals surface area contributed by atoms with E-state index < -0.39 is 0 Å². The fraction of sp³-hybridized carbons (Fsp3) is 0. The summed E-state index contributed by atoms with van der Waals surface area (Å²) in [6.45, 7) is 0. The summed E-state index contributed by atoms with van der Waals surface area (Å²) >= 11 is 1.51. The van der Waals surface area contributed by atoms with Crippen molar-refractivity contribution in [2.24, 2.45) is 0 Å². The SMILES string of the molecule is c1ccc2c(-c3ccn[nH]3)nsc2c1. The Morgan fingerprint density at radius 2 is 2.07 bits per heavy atom. The highest BCUT2D eigenvalue weighted by molar-refractivity contribution is 7.13. The molecule has 1 aromatic carbocycles. The van der Waals surface area contributed by atoms with E-state index in [0.717, 1.165) is 11.4 Å². The first-order valence-electron chi connectivity index (χ1n) is 4.29. The fourth-order valence-electron chi connectivity index (χ4n) is 1.47. The first-order chi connectivity index (χ1) is 6.95. The van der Waals surface area contributed by atoms with E-state index in [1.807, 2.05) is 18.2 Å². The van der Waals surface area contributed by atoms with E-state index in [9.17, 15) is 0 Å². The van der Waals surface area contributed by atoms with Gasteiger partial charge in [-0.05, 0) is 23.7 Å². The van der Waals surface area contributed by atoms with Crippen LogP contribution in [0.2, 0.25) is 0 Å². The molecule has 0 saturated heterocycles. The van der Waals surface area contributed by atoms with Crippen molar-refractivity contribution >= 4 is 21.6 Å². The number of benzene rings is 1. The van der Waals surface area contributed by atoms with Gasteiger partial charge in [-0.25, -0.2) is 0 Å². The lowest BCUT2D eigenvalue weighted by Crippen LogP contribution is -1.77. The van der Waals surface area contributed by atoms with Crippen LogP contribution < -0.4 is 0 Å². The second kappa shape index (κ2) is 2.92. The molecule has 3 nitrogen and oxygen atoms in total. The lowest BCUT2D eigenvalue weighted by Gasteiger charge is -1.91. The van der Waals surface area contributed by atoms with Crippen LogP contribution in [-0.2, 0) is 0 Å². The van der Waals surface area contributed by atoms with Gasteiger partial charge in [-0.3, -0.25) is 5.10 Å². The Morgan fingerprint density at radius 1 is 1.14 bits per heavy atom. The third-order valence-electron chi connectivity index (χ3n) is 2.13. The molecule has 0 bridgehead atoms. The molecule has 0 atom stereocenters. The lowest BCUT2D eigenvalue weighted by molar-refractivity contribution is 1.09. The molecule has 68 valence electrons. The number of rotatable bonds is 1. The molecule has 0 aliphatic carbocycles. The van der Waals surface area contributed by atoms with E-state index in [-0.39, 0.29) is 0 Å². The second-order valence-electron chi connectivity index (χ2n) is 3.00. The van der Waals surface area contributed by atoms with Gasteiger partial charge in [-0.15, -0.1) is 0 Å². The number of aromatic nitrogens is 3. The third kappa shape index (κ3) is 1.04. The van der Waals surface area contributed by atoms with Gasteiger partial charge in [0, 0.05) is 11.6 Å². The molecule has 0 amide bonds. The van der Waals surface area contributed by atoms with Crippen LogP contribution in [0.25, 0.3) is 21.5 Å². The maximum atomic E-state index is 4.41. The molecule has 0 fully saturated rings. The summed E-state index contributed by atoms with van der Waals surface area (Å²) < 4.78 is 5.61. The van der Waals surface area contributed by atoms with Crippen molar-refractivity contribution in [3.8, 4) is 11.4 Å². The molecular formula is C10H7N3S. The van der Waals surface area contributed by atoms with E-state index in [0.29, 0.717) is 0 Å². The van der Waals surface area contributed by atoms with Crippen LogP contribution in [0, 0.1) is 0 Å². The molecule has 3 rings (SSSR count). The van der Waals surface area contributed by atoms with Gasteiger partial charge in [-0.1, -0.05) is 18.2 Å². The molecule has 0 aliphatic heterocycles. The van der Waals surface area contributed by atoms with Crippen molar-refractivity contribution in [2.45, 2.75) is 0 Å². The standard InChI is InChI=1S/C10H7N3S/c1-2-4-9-7(3-1)10(13-14-9)8-5-6-11-12-8/h1-6H,(H,11,12). The van der Waals surface area contributed by atoms with E-state index in [2.05, 4.69) is 26.7 Å². The van der Waals surface area contributed by atoms with Crippen molar-refractivity contribution in [2.75, 3.05) is 0 Å². The zero-order valence-electron chi connectivity index (χ0n) is 7.27. The first kappa shape index (κ1) is 7.70. The van der Waals surface area contributed by atoms with Crippen molar-refractivity contribution in [3.63, 3.8) is 0 Å². The van der Waals surface area contributed by atoms with Gasteiger partial charge in [-0.2, -0.15) is 9.47 Å². The van der Waals surface area contributed by atoms with E-state index in [4.69, 9.17) is 0 Å². The average Bonchev–Trinajstić information content (AvgIpc) is 2.85. The van der Waals surface area contributed by atoms with E-state index in [1.165, 1.54) is 21.6 Å². The Balaban J connectivity index is 2.33. The topological polar surface area (TPSA) is 41.6 Å². The maximum Gasteiger partial charge on any atom is 0.110 e. The molecule has 3 aromatic rings. The Morgan fingerprint density at radius 3 is 2.93 bits per heavy atom. The zero-order valence-corrected chi connectivity index (χ0v) is 8.08. The predicted octanol–water partition coefficient (Wildman–Crippen LogP) is 2.69. The summed E-state index contributed by atoms with van der Waals surface area (Å²) in [5, 5.41) is 8.03. The molecule has 0 aliphatic rings. The van der Waals surface area contributed by atoms with Crippen LogP contribution in [0.1, 0.15) is 0 Å². The molecule has 2 aromatic heterocycles. The molecule has 2 heterocycles. The highest BCUT2D eigenvalue weighted by Gasteiger charge is 2.07. The number of aromatic amines is 1. The Hall–Kier alpha value is -1.68. The third-order valence-corrected chi connectivity index (χ3v) is 2.96. The maximum absolute atomic E-state index is 4.41. The molecule has 4 heteroatoms. The van der Waals surface area contributed by atoms with Crippen molar-refractivity contribution in [1.82, 2.24) is 14.6 Å². The largest absolute Gasteiger partial charge is 0.276 e. The van der Waals surface area contributed by atoms with Gasteiger partial charge in [0.25, 0.3) is 0 Å². The molecule has 0 radical (unpaired) electrons. The van der Waals surface area contributed by atoms with Gasteiger partial charge in [0.1, 0.15) is 5.69 Å². The second-order valence-corrected chi connectivity index (χ2v) is 3.80. The number of H-pyrrole nitrogens is 1. The Labute approximate surface area is 84.6 Å². The lowest BCUT2D eigenvalue weighted by atomic mass is 10.2. The van der Waals surface area contributed by atoms with Gasteiger partial charge in [0.2, 0.25) is 0 Å². The van der Waals surface area contributed by atoms with Gasteiger partial charge in [0.05, 0.1) is 10.4 Å². The predicted molar refractivity (Wildman–Crippen MR) is 57.2 cm³/mol. The van der Waals surface area contributed by atoms with Crippen LogP contribution in [0.4, 0.5) is 0 Å². The summed E-state index contributed by atoms with van der Waals surface area (Å²) in [5.74, 6) is 0. The summed E-state index contributed by atoms with van der Waals surface area (Å²) in [5.41, 5.74) is 1.96. The fourth-order valence-corrected chi connectivity index (χ4v) is 2.26. The average molecular weight is 201 g/mol. The minimum Gasteiger partial charge on any atom is -0.276 e. The first-order valence-corrected chi connectivity index (χ1v) is 5.06. The zero-order chi connectivity index (χ0) is 9.38. The van der Waals surface area contributed by atoms with E-state index >= 15 is 0 Å². The summed E-state index contributed by atoms with van der Waals surface area (Å²) in [6.07, 6.45) is 1.74. The molecular weight excluding hydrogens is 194 g/mol. The minimum absolute atomic E-state index is 0.974. The molecule has 0 spiro atoms. The highest BCUT2D eigenvalue weighted by Crippen LogP contribution is 2.28. The van der Waals surface area contributed by atoms with Crippen LogP contribution in [0.15, 0.2) is 36.5 Å². The number of nitrogens with one attached hydrogen (secondary N) is 1. The Kier molecular flexibility index (Phi) is 1.61. The molecule has 0 saturated carbocycles. The van der Waals surface area contributed by atoms with Crippen molar-refractivity contribution in [3.05, 3.63) is 36.5 Å². The summed E-state index contributed by atoms with van der Waals surface area (Å²) in [6, 6.07) is 10.1. The minimum atomic E-state index is 0.974. The quantitative estimate of drug-likeness (QED) is 0.657. The smallest absolute Gasteiger partial charge is 0.110 e. The molecule has 14 heavy (non-hydrogen) atoms. The van der Waals surface area contributed by atoms with Gasteiger partial charge < -0.3 is 0 Å². The summed E-state index contributed by atoms with van der Waals surface area (Å²) in [7, 11) is 0.